The van der Waals surface area contributed by atoms with Gasteiger partial charge in [-0.2, -0.15) is 0 Å². The van der Waals surface area contributed by atoms with Gasteiger partial charge >= 0.3 is 0 Å². The molecule has 1 aliphatic rings. The highest BCUT2D eigenvalue weighted by Crippen LogP contribution is 2.34. The maximum absolute atomic E-state index is 12.4. The first-order valence-electron chi connectivity index (χ1n) is 8.60. The predicted molar refractivity (Wildman–Crippen MR) is 104 cm³/mol. The molecule has 0 aliphatic carbocycles. The number of ether oxygens (including phenoxy) is 2. The van der Waals surface area contributed by atoms with E-state index in [0.29, 0.717) is 17.1 Å². The molecule has 136 valence electrons. The minimum absolute atomic E-state index is 0.191. The van der Waals surface area contributed by atoms with Gasteiger partial charge < -0.3 is 20.1 Å². The molecule has 0 radical (unpaired) electrons. The van der Waals surface area contributed by atoms with Crippen molar-refractivity contribution in [1.82, 2.24) is 4.98 Å². The van der Waals surface area contributed by atoms with Crippen molar-refractivity contribution in [3.63, 3.8) is 0 Å². The maximum atomic E-state index is 12.4. The van der Waals surface area contributed by atoms with E-state index in [1.165, 1.54) is 0 Å². The molecular formula is C21H19N3O3. The second-order valence-electron chi connectivity index (χ2n) is 6.40. The number of nitrogens with zero attached hydrogens (tertiary/aromatic N) is 1. The Hall–Kier alpha value is -3.54. The zero-order chi connectivity index (χ0) is 18.8. The highest BCUT2D eigenvalue weighted by atomic mass is 16.7. The lowest BCUT2D eigenvalue weighted by Crippen LogP contribution is -2.13. The van der Waals surface area contributed by atoms with Gasteiger partial charge in [0.2, 0.25) is 6.79 Å². The van der Waals surface area contributed by atoms with Crippen LogP contribution in [-0.4, -0.2) is 17.7 Å². The molecule has 6 nitrogen and oxygen atoms in total. The standard InChI is InChI=1S/C21H19N3O3/c1-13-3-6-17(14(2)9-13)24-21(25)15-4-8-20(22-11-15)23-16-5-7-18-19(10-16)27-12-26-18/h3-11H,12H2,1-2H3,(H,22,23)(H,24,25). The minimum atomic E-state index is -0.191. The average molecular weight is 361 g/mol. The van der Waals surface area contributed by atoms with Crippen molar-refractivity contribution in [2.75, 3.05) is 17.4 Å². The molecule has 0 spiro atoms. The molecule has 2 N–H and O–H groups in total. The van der Waals surface area contributed by atoms with Gasteiger partial charge in [-0.25, -0.2) is 4.98 Å². The van der Waals surface area contributed by atoms with Gasteiger partial charge in [0.25, 0.3) is 5.91 Å². The SMILES string of the molecule is Cc1ccc(NC(=O)c2ccc(Nc3ccc4c(c3)OCO4)nc2)c(C)c1. The van der Waals surface area contributed by atoms with Crippen LogP contribution in [0, 0.1) is 13.8 Å². The van der Waals surface area contributed by atoms with Crippen LogP contribution in [0.2, 0.25) is 0 Å². The Kier molecular flexibility index (Phi) is 4.38. The summed E-state index contributed by atoms with van der Waals surface area (Å²) in [4.78, 5) is 16.8. The van der Waals surface area contributed by atoms with Crippen LogP contribution in [-0.2, 0) is 0 Å². The Morgan fingerprint density at radius 3 is 2.63 bits per heavy atom. The number of hydrogen-bond acceptors (Lipinski definition) is 5. The average Bonchev–Trinajstić information content (AvgIpc) is 3.12. The highest BCUT2D eigenvalue weighted by Gasteiger charge is 2.13. The summed E-state index contributed by atoms with van der Waals surface area (Å²) in [5.41, 5.74) is 4.31. The lowest BCUT2D eigenvalue weighted by Gasteiger charge is -2.10. The normalized spacial score (nSPS) is 11.9. The summed E-state index contributed by atoms with van der Waals surface area (Å²) in [5.74, 6) is 1.87. The van der Waals surface area contributed by atoms with Crippen LogP contribution in [0.15, 0.2) is 54.7 Å². The van der Waals surface area contributed by atoms with Gasteiger partial charge in [-0.15, -0.1) is 0 Å². The minimum Gasteiger partial charge on any atom is -0.454 e. The molecule has 0 atom stereocenters. The van der Waals surface area contributed by atoms with E-state index >= 15 is 0 Å². The number of benzene rings is 2. The van der Waals surface area contributed by atoms with E-state index < -0.39 is 0 Å². The van der Waals surface area contributed by atoms with Crippen LogP contribution in [0.5, 0.6) is 11.5 Å². The second kappa shape index (κ2) is 6.99. The number of aryl methyl sites for hydroxylation is 2. The first-order chi connectivity index (χ1) is 13.1. The Morgan fingerprint density at radius 2 is 1.85 bits per heavy atom. The largest absolute Gasteiger partial charge is 0.454 e. The molecule has 4 rings (SSSR count). The molecule has 0 unspecified atom stereocenters. The van der Waals surface area contributed by atoms with E-state index in [4.69, 9.17) is 9.47 Å². The summed E-state index contributed by atoms with van der Waals surface area (Å²) in [5, 5.41) is 6.11. The number of fused-ring (bicyclic) bond motifs is 1. The van der Waals surface area contributed by atoms with E-state index in [0.717, 1.165) is 28.3 Å². The van der Waals surface area contributed by atoms with E-state index in [-0.39, 0.29) is 12.7 Å². The van der Waals surface area contributed by atoms with E-state index in [2.05, 4.69) is 15.6 Å². The zero-order valence-corrected chi connectivity index (χ0v) is 15.1. The van der Waals surface area contributed by atoms with Gasteiger partial charge in [-0.1, -0.05) is 17.7 Å². The predicted octanol–water partition coefficient (Wildman–Crippen LogP) is 4.42. The van der Waals surface area contributed by atoms with Crippen molar-refractivity contribution in [2.24, 2.45) is 0 Å². The second-order valence-corrected chi connectivity index (χ2v) is 6.40. The Labute approximate surface area is 157 Å². The van der Waals surface area contributed by atoms with Gasteiger partial charge in [0.05, 0.1) is 5.56 Å². The third-order valence-electron chi connectivity index (χ3n) is 4.30. The smallest absolute Gasteiger partial charge is 0.257 e. The summed E-state index contributed by atoms with van der Waals surface area (Å²) in [6, 6.07) is 15.0. The molecule has 2 heterocycles. The highest BCUT2D eigenvalue weighted by molar-refractivity contribution is 6.04. The number of anilines is 3. The van der Waals surface area contributed by atoms with Gasteiger partial charge in [0.1, 0.15) is 5.82 Å². The third kappa shape index (κ3) is 3.69. The van der Waals surface area contributed by atoms with E-state index in [9.17, 15) is 4.79 Å². The van der Waals surface area contributed by atoms with Gasteiger partial charge in [0, 0.05) is 23.6 Å². The Bertz CT molecular complexity index is 1000. The van der Waals surface area contributed by atoms with Crippen LogP contribution in [0.4, 0.5) is 17.2 Å². The summed E-state index contributed by atoms with van der Waals surface area (Å²) in [6.45, 7) is 4.23. The monoisotopic (exact) mass is 361 g/mol. The van der Waals surface area contributed by atoms with Crippen molar-refractivity contribution >= 4 is 23.1 Å². The lowest BCUT2D eigenvalue weighted by molar-refractivity contribution is 0.102. The molecule has 6 heteroatoms. The zero-order valence-electron chi connectivity index (χ0n) is 15.1. The van der Waals surface area contributed by atoms with Gasteiger partial charge in [-0.05, 0) is 49.7 Å². The number of carbonyl (C=O) groups is 1. The lowest BCUT2D eigenvalue weighted by atomic mass is 10.1. The molecule has 2 aromatic carbocycles. The van der Waals surface area contributed by atoms with Crippen molar-refractivity contribution in [3.05, 3.63) is 71.4 Å². The number of amides is 1. The molecule has 0 saturated carbocycles. The number of carbonyl (C=O) groups excluding carboxylic acids is 1. The number of rotatable bonds is 4. The Morgan fingerprint density at radius 1 is 1.00 bits per heavy atom. The van der Waals surface area contributed by atoms with Crippen LogP contribution in [0.25, 0.3) is 0 Å². The van der Waals surface area contributed by atoms with Crippen LogP contribution < -0.4 is 20.1 Å². The quantitative estimate of drug-likeness (QED) is 0.719. The molecule has 1 aliphatic heterocycles. The van der Waals surface area contributed by atoms with Crippen LogP contribution in [0.1, 0.15) is 21.5 Å². The number of pyridine rings is 1. The summed E-state index contributed by atoms with van der Waals surface area (Å²) in [7, 11) is 0. The van der Waals surface area contributed by atoms with Crippen LogP contribution >= 0.6 is 0 Å². The summed E-state index contributed by atoms with van der Waals surface area (Å²) < 4.78 is 10.7. The molecule has 0 saturated heterocycles. The number of aromatic nitrogens is 1. The molecule has 1 aromatic heterocycles. The van der Waals surface area contributed by atoms with Crippen molar-refractivity contribution in [3.8, 4) is 11.5 Å². The van der Waals surface area contributed by atoms with Crippen LogP contribution in [0.3, 0.4) is 0 Å². The van der Waals surface area contributed by atoms with E-state index in [1.54, 1.807) is 18.3 Å². The molecule has 3 aromatic rings. The fraction of sp³-hybridized carbons (Fsp3) is 0.143. The van der Waals surface area contributed by atoms with E-state index in [1.807, 2.05) is 50.2 Å². The summed E-state index contributed by atoms with van der Waals surface area (Å²) in [6.07, 6.45) is 1.55. The van der Waals surface area contributed by atoms with Crippen molar-refractivity contribution in [1.29, 1.82) is 0 Å². The Balaban J connectivity index is 1.44. The molecule has 27 heavy (non-hydrogen) atoms. The number of nitrogens with one attached hydrogen (secondary N) is 2. The molecular weight excluding hydrogens is 342 g/mol. The maximum Gasteiger partial charge on any atom is 0.257 e. The van der Waals surface area contributed by atoms with Gasteiger partial charge in [-0.3, -0.25) is 4.79 Å². The van der Waals surface area contributed by atoms with Crippen molar-refractivity contribution < 1.29 is 14.3 Å². The molecule has 0 fully saturated rings. The fourth-order valence-corrected chi connectivity index (χ4v) is 2.87. The first kappa shape index (κ1) is 16.9. The fourth-order valence-electron chi connectivity index (χ4n) is 2.87. The summed E-state index contributed by atoms with van der Waals surface area (Å²) >= 11 is 0. The third-order valence-corrected chi connectivity index (χ3v) is 4.30. The molecule has 0 bridgehead atoms. The topological polar surface area (TPSA) is 72.5 Å². The number of hydrogen-bond donors (Lipinski definition) is 2. The first-order valence-corrected chi connectivity index (χ1v) is 8.60. The van der Waals surface area contributed by atoms with Crippen molar-refractivity contribution in [2.45, 2.75) is 13.8 Å². The van der Waals surface area contributed by atoms with Gasteiger partial charge in [0.15, 0.2) is 11.5 Å². The molecule has 1 amide bonds.